The number of nitriles is 2. The Kier molecular flexibility index (Phi) is 45.4. The number of pyridine rings is 1. The predicted molar refractivity (Wildman–Crippen MR) is 411 cm³/mol. The summed E-state index contributed by atoms with van der Waals surface area (Å²) < 4.78 is 28.2. The summed E-state index contributed by atoms with van der Waals surface area (Å²) in [5.74, 6) is -5.24. The fourth-order valence-electron chi connectivity index (χ4n) is 7.72. The van der Waals surface area contributed by atoms with Gasteiger partial charge in [0.2, 0.25) is 0 Å². The first kappa shape index (κ1) is 102. The van der Waals surface area contributed by atoms with E-state index in [-0.39, 0.29) is 44.8 Å². The van der Waals surface area contributed by atoms with Gasteiger partial charge in [0.25, 0.3) is 0 Å². The number of ether oxygens (including phenoxy) is 6. The first-order valence-corrected chi connectivity index (χ1v) is 34.1. The monoisotopic (exact) mass is 1670 g/mol. The van der Waals surface area contributed by atoms with E-state index in [9.17, 15) is 68.4 Å². The summed E-state index contributed by atoms with van der Waals surface area (Å²) in [6.07, 6.45) is -0.887. The number of carbonyl (C=O) groups excluding carboxylic acids is 5. The van der Waals surface area contributed by atoms with E-state index in [1.165, 1.54) is 7.05 Å². The first-order chi connectivity index (χ1) is 50.8. The average molecular weight is 1680 g/mol. The van der Waals surface area contributed by atoms with Gasteiger partial charge in [0.15, 0.2) is 11.7 Å². The summed E-state index contributed by atoms with van der Waals surface area (Å²) in [7, 11) is 1.50. The van der Waals surface area contributed by atoms with Crippen LogP contribution in [0, 0.1) is 22.7 Å². The van der Waals surface area contributed by atoms with Crippen molar-refractivity contribution in [3.63, 3.8) is 0 Å². The number of halogens is 6. The lowest BCUT2D eigenvalue weighted by atomic mass is 10.0. The largest absolute Gasteiger partial charge is 0.515 e. The van der Waals surface area contributed by atoms with E-state index in [2.05, 4.69) is 61.3 Å². The summed E-state index contributed by atoms with van der Waals surface area (Å²) in [6, 6.07) is 31.6. The van der Waals surface area contributed by atoms with E-state index in [0.717, 1.165) is 0 Å². The lowest BCUT2D eigenvalue weighted by molar-refractivity contribution is -0.140. The Morgan fingerprint density at radius 3 is 1.05 bits per heavy atom. The number of nitrogens with zero attached hydrogens (tertiary/aromatic N) is 5. The number of amidine groups is 1. The Labute approximate surface area is 669 Å². The van der Waals surface area contributed by atoms with Crippen molar-refractivity contribution in [1.82, 2.24) is 36.4 Å². The second-order valence-corrected chi connectivity index (χ2v) is 30.1. The lowest BCUT2D eigenvalue weighted by Gasteiger charge is -2.22. The molecule has 0 aliphatic carbocycles. The number of nitrogens with one attached hydrogen (secondary N) is 5. The van der Waals surface area contributed by atoms with Crippen molar-refractivity contribution in [2.45, 2.75) is 171 Å². The molecule has 34 nitrogen and oxygen atoms in total. The van der Waals surface area contributed by atoms with Crippen LogP contribution in [0.3, 0.4) is 0 Å². The van der Waals surface area contributed by atoms with Crippen LogP contribution in [0.15, 0.2) is 142 Å². The standard InChI is InChI=1S/C16H19N3O6.C15H21N3O5.2C15H18N2O4.C5H5N.C3Cl6O3.CH5N.CH4/c1-16(2,3)24-14(22)17-11(13(20)21)8-9-5-4-6-10(7-9)12-18-15(23)25-19-12;1-15(2,3)23-14(21)17-11(13(19)20)8-9-5-4-6-10(7-9)12(16)18-22;2*1-15(2,3)21-14(20)17-12(13(18)19)8-10-5-4-6-11(7-10)9-16;1-2-4-6-5-3-1;4-2(5,6)11-1(10)12-3(7,8)9;1-2;/h4-7,11H,8H2,1-3H3,(H,17,22)(H,20,21)(H,18,19,23);4-7,11,22H,8H2,1-3H3,(H2,16,18)(H,17,21)(H,19,20);2*4-7,12H,8H2,1-3H3,(H,17,20)(H,18,19);1-5H;;2H2,1H3;1H4. The Balaban J connectivity index is 0. The molecule has 4 amide bonds. The van der Waals surface area contributed by atoms with E-state index >= 15 is 0 Å². The number of benzene rings is 4. The number of carboxylic acids is 4. The van der Waals surface area contributed by atoms with E-state index in [4.69, 9.17) is 110 Å². The van der Waals surface area contributed by atoms with Crippen LogP contribution in [0.1, 0.15) is 129 Å². The van der Waals surface area contributed by atoms with Crippen molar-refractivity contribution in [2.75, 3.05) is 7.05 Å². The topological polar surface area (TPSA) is 542 Å². The minimum Gasteiger partial charge on any atom is -0.480 e. The third kappa shape index (κ3) is 50.5. The maximum Gasteiger partial charge on any atom is 0.515 e. The summed E-state index contributed by atoms with van der Waals surface area (Å²) in [4.78, 5) is 120. The minimum atomic E-state index is -2.24. The zero-order valence-electron chi connectivity index (χ0n) is 61.6. The van der Waals surface area contributed by atoms with Gasteiger partial charge in [-0.05, 0) is 231 Å². The van der Waals surface area contributed by atoms with Gasteiger partial charge in [0, 0.05) is 49.2 Å². The number of amides is 4. The highest BCUT2D eigenvalue weighted by atomic mass is 35.6. The van der Waals surface area contributed by atoms with Gasteiger partial charge in [-0.25, -0.2) is 47.9 Å². The molecule has 111 heavy (non-hydrogen) atoms. The summed E-state index contributed by atoms with van der Waals surface area (Å²) >= 11 is 30.2. The first-order valence-electron chi connectivity index (χ1n) is 31.9. The zero-order chi connectivity index (χ0) is 84.6. The number of hydrogen-bond acceptors (Lipinski definition) is 24. The number of rotatable bonds is 18. The second-order valence-electron chi connectivity index (χ2n) is 25.8. The second kappa shape index (κ2) is 49.3. The molecule has 0 aliphatic rings. The van der Waals surface area contributed by atoms with Gasteiger partial charge >= 0.3 is 68.1 Å². The van der Waals surface area contributed by atoms with Crippen molar-refractivity contribution in [2.24, 2.45) is 16.6 Å². The van der Waals surface area contributed by atoms with E-state index in [1.54, 1.807) is 193 Å². The third-order valence-corrected chi connectivity index (χ3v) is 12.2. The molecule has 4 aromatic carbocycles. The van der Waals surface area contributed by atoms with E-state index in [0.29, 0.717) is 44.5 Å². The molecule has 0 saturated heterocycles. The van der Waals surface area contributed by atoms with Crippen LogP contribution in [-0.2, 0) is 73.3 Å². The van der Waals surface area contributed by atoms with Gasteiger partial charge in [-0.15, -0.1) is 0 Å². The van der Waals surface area contributed by atoms with E-state index < -0.39 is 115 Å². The van der Waals surface area contributed by atoms with Gasteiger partial charge in [-0.3, -0.25) is 14.5 Å². The Morgan fingerprint density at radius 1 is 0.495 bits per heavy atom. The van der Waals surface area contributed by atoms with Gasteiger partial charge in [0.05, 0.1) is 23.3 Å². The third-order valence-electron chi connectivity index (χ3n) is 11.8. The number of nitrogens with two attached hydrogens (primary N) is 2. The van der Waals surface area contributed by atoms with Crippen LogP contribution in [0.5, 0.6) is 0 Å². The van der Waals surface area contributed by atoms with Crippen molar-refractivity contribution < 1.29 is 102 Å². The van der Waals surface area contributed by atoms with E-state index in [1.807, 2.05) is 30.3 Å². The van der Waals surface area contributed by atoms with Gasteiger partial charge in [-0.2, -0.15) is 10.5 Å². The van der Waals surface area contributed by atoms with Gasteiger partial charge in [-0.1, -0.05) is 84.5 Å². The normalized spacial score (nSPS) is 12.0. The Bertz CT molecular complexity index is 3990. The summed E-state index contributed by atoms with van der Waals surface area (Å²) in [5.41, 5.74) is 11.6. The van der Waals surface area contributed by atoms with Crippen LogP contribution in [-0.4, -0.2) is 163 Å². The molecular weight excluding hydrogens is 1590 g/mol. The molecule has 14 N–H and O–H groups in total. The van der Waals surface area contributed by atoms with Crippen LogP contribution < -0.4 is 38.5 Å². The number of aliphatic carboxylic acids is 4. The number of alkyl halides is 6. The van der Waals surface area contributed by atoms with Crippen molar-refractivity contribution in [3.05, 3.63) is 177 Å². The molecule has 6 rings (SSSR count). The number of carboxylic acid groups (broad SMARTS) is 4. The molecule has 40 heteroatoms. The summed E-state index contributed by atoms with van der Waals surface area (Å²) in [6.45, 7) is 20.3. The molecule has 2 aromatic heterocycles. The molecule has 0 radical (unpaired) electrons. The molecular formula is C71H90Cl6N12O22. The molecule has 608 valence electrons. The number of aromatic nitrogens is 3. The molecule has 0 fully saturated rings. The highest BCUT2D eigenvalue weighted by Gasteiger charge is 2.33. The van der Waals surface area contributed by atoms with Gasteiger partial charge in [0.1, 0.15) is 46.6 Å². The van der Waals surface area contributed by atoms with Crippen LogP contribution in [0.4, 0.5) is 24.0 Å². The highest BCUT2D eigenvalue weighted by molar-refractivity contribution is 6.67. The highest BCUT2D eigenvalue weighted by Crippen LogP contribution is 2.32. The molecule has 0 bridgehead atoms. The average Bonchev–Trinajstić information content (AvgIpc) is 1.84. The predicted octanol–water partition coefficient (Wildman–Crippen LogP) is 12.1. The number of carbonyl (C=O) groups is 9. The molecule has 0 spiro atoms. The fraction of sp³-hybridized carbons (Fsp3) is 0.394. The zero-order valence-corrected chi connectivity index (χ0v) is 66.1. The molecule has 2 heterocycles. The smallest absolute Gasteiger partial charge is 0.480 e. The number of hydrogen-bond donors (Lipinski definition) is 12. The molecule has 4 unspecified atom stereocenters. The summed E-state index contributed by atoms with van der Waals surface area (Å²) in [5, 5.41) is 79.0. The SMILES string of the molecule is C.CC(C)(C)OC(=O)NC(Cc1cccc(-c2noc(=O)[nH]2)c1)C(=O)O.CC(C)(C)OC(=O)NC(Cc1cccc(/C(N)=N/O)c1)C(=O)O.CC(C)(C)OC(=O)NC(Cc1cccc(C#N)c1)C(=O)O.CC(C)(C)OC(=O)NC(Cc1cccc(C#N)c1)C(=O)O.CN.O=C(OC(Cl)(Cl)Cl)OC(Cl)(Cl)Cl.c1ccncc1. The molecule has 6 aromatic rings. The quantitative estimate of drug-likeness (QED) is 0.00723. The number of H-pyrrole nitrogens is 1. The fourth-order valence-corrected chi connectivity index (χ4v) is 8.09. The molecule has 0 aliphatic heterocycles. The lowest BCUT2D eigenvalue weighted by Crippen LogP contribution is -2.44. The maximum atomic E-state index is 11.8. The van der Waals surface area contributed by atoms with Crippen molar-refractivity contribution in [3.8, 4) is 23.5 Å². The van der Waals surface area contributed by atoms with Crippen LogP contribution in [0.2, 0.25) is 0 Å². The maximum absolute atomic E-state index is 11.8. The molecule has 4 atom stereocenters. The number of aromatic amines is 1. The molecule has 0 saturated carbocycles. The van der Waals surface area contributed by atoms with Crippen LogP contribution >= 0.6 is 69.6 Å². The minimum absolute atomic E-state index is 0. The Morgan fingerprint density at radius 2 is 0.802 bits per heavy atom. The Hall–Kier alpha value is -10.9. The number of alkyl carbamates (subject to hydrolysis) is 4. The van der Waals surface area contributed by atoms with Crippen LogP contribution in [0.25, 0.3) is 11.4 Å². The number of oxime groups is 1. The van der Waals surface area contributed by atoms with Gasteiger partial charge < -0.3 is 86.8 Å². The van der Waals surface area contributed by atoms with Crippen molar-refractivity contribution in [1.29, 1.82) is 10.5 Å². The van der Waals surface area contributed by atoms with Crippen molar-refractivity contribution >= 4 is 130 Å².